The molecule has 0 aliphatic heterocycles. The van der Waals surface area contributed by atoms with Gasteiger partial charge >= 0.3 is 0 Å². The largest absolute Gasteiger partial charge is 0.392 e. The summed E-state index contributed by atoms with van der Waals surface area (Å²) in [6.45, 7) is 8.30. The lowest BCUT2D eigenvalue weighted by Crippen LogP contribution is -2.62. The molecule has 3 N–H and O–H groups in total. The molecule has 1 rings (SSSR count). The summed E-state index contributed by atoms with van der Waals surface area (Å²) in [5, 5.41) is 15.5. The van der Waals surface area contributed by atoms with Crippen molar-refractivity contribution in [3.8, 4) is 0 Å². The molecule has 0 aromatic heterocycles. The fourth-order valence-electron chi connectivity index (χ4n) is 1.69. The number of aliphatic hydroxyl groups is 1. The lowest BCUT2D eigenvalue weighted by molar-refractivity contribution is -0.128. The summed E-state index contributed by atoms with van der Waals surface area (Å²) in [5.74, 6) is 0.00803. The van der Waals surface area contributed by atoms with Gasteiger partial charge in [0.1, 0.15) is 0 Å². The Morgan fingerprint density at radius 1 is 1.53 bits per heavy atom. The van der Waals surface area contributed by atoms with Crippen LogP contribution < -0.4 is 10.6 Å². The van der Waals surface area contributed by atoms with Gasteiger partial charge in [0.05, 0.1) is 12.6 Å². The molecule has 0 aromatic rings. The minimum atomic E-state index is -0.291. The van der Waals surface area contributed by atoms with E-state index in [2.05, 4.69) is 10.6 Å². The molecule has 1 aliphatic carbocycles. The van der Waals surface area contributed by atoms with Crippen molar-refractivity contribution < 1.29 is 9.90 Å². The normalized spacial score (nSPS) is 28.7. The van der Waals surface area contributed by atoms with Crippen molar-refractivity contribution in [3.05, 3.63) is 0 Å². The molecule has 0 aromatic carbocycles. The fraction of sp³-hybridized carbons (Fsp3) is 0.909. The van der Waals surface area contributed by atoms with Gasteiger partial charge in [-0.25, -0.2) is 0 Å². The van der Waals surface area contributed by atoms with Crippen LogP contribution in [0.2, 0.25) is 0 Å². The van der Waals surface area contributed by atoms with Gasteiger partial charge in [-0.05, 0) is 6.42 Å². The Bertz CT molecular complexity index is 239. The Morgan fingerprint density at radius 2 is 2.13 bits per heavy atom. The van der Waals surface area contributed by atoms with Crippen LogP contribution in [-0.4, -0.2) is 35.7 Å². The molecule has 15 heavy (non-hydrogen) atoms. The number of rotatable bonds is 4. The van der Waals surface area contributed by atoms with E-state index in [9.17, 15) is 9.90 Å². The highest BCUT2D eigenvalue weighted by Crippen LogP contribution is 2.40. The first-order valence-corrected chi connectivity index (χ1v) is 5.55. The van der Waals surface area contributed by atoms with Crippen molar-refractivity contribution in [1.82, 2.24) is 10.6 Å². The first kappa shape index (κ1) is 12.5. The molecule has 0 radical (unpaired) electrons. The van der Waals surface area contributed by atoms with E-state index in [1.165, 1.54) is 0 Å². The number of amides is 1. The molecule has 2 atom stereocenters. The second-order valence-corrected chi connectivity index (χ2v) is 5.23. The zero-order chi connectivity index (χ0) is 11.6. The van der Waals surface area contributed by atoms with Crippen molar-refractivity contribution in [3.63, 3.8) is 0 Å². The van der Waals surface area contributed by atoms with Crippen LogP contribution in [0, 0.1) is 5.41 Å². The van der Waals surface area contributed by atoms with Gasteiger partial charge in [-0.15, -0.1) is 0 Å². The number of aliphatic hydroxyl groups excluding tert-OH is 1. The molecule has 0 heterocycles. The Morgan fingerprint density at radius 3 is 2.53 bits per heavy atom. The third-order valence-corrected chi connectivity index (χ3v) is 3.22. The van der Waals surface area contributed by atoms with E-state index >= 15 is 0 Å². The average Bonchev–Trinajstić information content (AvgIpc) is 2.14. The predicted octanol–water partition coefficient (Wildman–Crippen LogP) is 0.260. The number of carbonyl (C=O) groups excluding carboxylic acids is 1. The fourth-order valence-corrected chi connectivity index (χ4v) is 1.69. The maximum Gasteiger partial charge on any atom is 0.234 e. The van der Waals surface area contributed by atoms with Crippen molar-refractivity contribution >= 4 is 5.91 Å². The number of hydrogen-bond acceptors (Lipinski definition) is 3. The predicted molar refractivity (Wildman–Crippen MR) is 59.5 cm³/mol. The third-order valence-electron chi connectivity index (χ3n) is 3.22. The number of hydrogen-bond donors (Lipinski definition) is 3. The molecule has 4 nitrogen and oxygen atoms in total. The molecule has 1 amide bonds. The van der Waals surface area contributed by atoms with Crippen LogP contribution in [0.5, 0.6) is 0 Å². The van der Waals surface area contributed by atoms with Gasteiger partial charge in [0.15, 0.2) is 0 Å². The summed E-state index contributed by atoms with van der Waals surface area (Å²) in [5.41, 5.74) is -0.187. The molecule has 1 fully saturated rings. The van der Waals surface area contributed by atoms with Crippen LogP contribution in [0.25, 0.3) is 0 Å². The Labute approximate surface area is 91.4 Å². The smallest absolute Gasteiger partial charge is 0.234 e. The Kier molecular flexibility index (Phi) is 3.73. The highest BCUT2D eigenvalue weighted by atomic mass is 16.3. The van der Waals surface area contributed by atoms with Gasteiger partial charge in [-0.2, -0.15) is 0 Å². The highest BCUT2D eigenvalue weighted by Gasteiger charge is 2.47. The Balaban J connectivity index is 2.28. The van der Waals surface area contributed by atoms with Gasteiger partial charge in [0, 0.05) is 17.5 Å². The van der Waals surface area contributed by atoms with E-state index < -0.39 is 0 Å². The molecule has 1 saturated carbocycles. The number of nitrogens with one attached hydrogen (secondary N) is 2. The highest BCUT2D eigenvalue weighted by molar-refractivity contribution is 5.78. The first-order valence-electron chi connectivity index (χ1n) is 5.55. The van der Waals surface area contributed by atoms with Gasteiger partial charge < -0.3 is 15.7 Å². The average molecular weight is 214 g/mol. The molecule has 4 heteroatoms. The van der Waals surface area contributed by atoms with Crippen LogP contribution in [0.3, 0.4) is 0 Å². The van der Waals surface area contributed by atoms with Crippen molar-refractivity contribution in [1.29, 1.82) is 0 Å². The lowest BCUT2D eigenvalue weighted by Gasteiger charge is -2.49. The van der Waals surface area contributed by atoms with Gasteiger partial charge in [0.2, 0.25) is 5.91 Å². The van der Waals surface area contributed by atoms with Crippen LogP contribution in [0.15, 0.2) is 0 Å². The molecular formula is C11H22N2O2. The molecule has 88 valence electrons. The molecule has 0 saturated heterocycles. The maximum atomic E-state index is 11.5. The Hall–Kier alpha value is -0.610. The quantitative estimate of drug-likeness (QED) is 0.629. The topological polar surface area (TPSA) is 61.4 Å². The molecule has 0 spiro atoms. The number of carbonyl (C=O) groups is 1. The summed E-state index contributed by atoms with van der Waals surface area (Å²) in [6.07, 6.45) is 0.376. The van der Waals surface area contributed by atoms with E-state index in [1.54, 1.807) is 0 Å². The second-order valence-electron chi connectivity index (χ2n) is 5.23. The van der Waals surface area contributed by atoms with E-state index in [4.69, 9.17) is 0 Å². The molecular weight excluding hydrogens is 192 g/mol. The van der Waals surface area contributed by atoms with E-state index in [0.29, 0.717) is 19.0 Å². The SMILES string of the molecule is CC(C)NCC(=O)NC1CC(O)C1(C)C. The zero-order valence-electron chi connectivity index (χ0n) is 10.0. The van der Waals surface area contributed by atoms with Crippen LogP contribution >= 0.6 is 0 Å². The zero-order valence-corrected chi connectivity index (χ0v) is 10.0. The minimum absolute atomic E-state index is 0.00803. The van der Waals surface area contributed by atoms with Crippen molar-refractivity contribution in [2.24, 2.45) is 5.41 Å². The van der Waals surface area contributed by atoms with Gasteiger partial charge in [0.25, 0.3) is 0 Å². The maximum absolute atomic E-state index is 11.5. The summed E-state index contributed by atoms with van der Waals surface area (Å²) in [6, 6.07) is 0.421. The monoisotopic (exact) mass is 214 g/mol. The molecule has 2 unspecified atom stereocenters. The van der Waals surface area contributed by atoms with Crippen LogP contribution in [0.1, 0.15) is 34.1 Å². The third kappa shape index (κ3) is 2.92. The van der Waals surface area contributed by atoms with Crippen molar-refractivity contribution in [2.45, 2.75) is 52.3 Å². The summed E-state index contributed by atoms with van der Waals surface area (Å²) < 4.78 is 0. The lowest BCUT2D eigenvalue weighted by atomic mass is 9.64. The summed E-state index contributed by atoms with van der Waals surface area (Å²) in [4.78, 5) is 11.5. The van der Waals surface area contributed by atoms with E-state index in [-0.39, 0.29) is 23.5 Å². The van der Waals surface area contributed by atoms with E-state index in [1.807, 2.05) is 27.7 Å². The molecule has 1 aliphatic rings. The summed E-state index contributed by atoms with van der Waals surface area (Å²) >= 11 is 0. The van der Waals surface area contributed by atoms with Gasteiger partial charge in [-0.3, -0.25) is 4.79 Å². The van der Waals surface area contributed by atoms with Gasteiger partial charge in [-0.1, -0.05) is 27.7 Å². The minimum Gasteiger partial charge on any atom is -0.392 e. The first-order chi connectivity index (χ1) is 6.84. The second kappa shape index (κ2) is 4.49. The van der Waals surface area contributed by atoms with Crippen molar-refractivity contribution in [2.75, 3.05) is 6.54 Å². The standard InChI is InChI=1S/C11H22N2O2/c1-7(2)12-6-10(15)13-8-5-9(14)11(8,3)4/h7-9,12,14H,5-6H2,1-4H3,(H,13,15). The molecule has 0 bridgehead atoms. The van der Waals surface area contributed by atoms with Crippen LogP contribution in [-0.2, 0) is 4.79 Å². The summed E-state index contributed by atoms with van der Waals surface area (Å²) in [7, 11) is 0. The van der Waals surface area contributed by atoms with Crippen LogP contribution in [0.4, 0.5) is 0 Å². The van der Waals surface area contributed by atoms with E-state index in [0.717, 1.165) is 0 Å².